The van der Waals surface area contributed by atoms with Gasteiger partial charge in [-0.05, 0) is 107 Å². The Balaban J connectivity index is 0.964. The maximum absolute atomic E-state index is 13.4. The minimum absolute atomic E-state index is 0.00359. The van der Waals surface area contributed by atoms with Crippen LogP contribution < -0.4 is 26.0 Å². The summed E-state index contributed by atoms with van der Waals surface area (Å²) < 4.78 is 13.4. The van der Waals surface area contributed by atoms with Crippen LogP contribution in [0.25, 0.3) is 10.4 Å². The number of carbonyl (C=O) groups excluding carboxylic acids is 5. The fourth-order valence-corrected chi connectivity index (χ4v) is 10.7. The van der Waals surface area contributed by atoms with Gasteiger partial charge in [-0.2, -0.15) is 0 Å². The fraction of sp³-hybridized carbons (Fsp3) is 0.440. The number of hydrogen-bond donors (Lipinski definition) is 5. The third-order valence-electron chi connectivity index (χ3n) is 11.8. The summed E-state index contributed by atoms with van der Waals surface area (Å²) in [6, 6.07) is 20.8. The zero-order valence-electron chi connectivity index (χ0n) is 39.7. The SMILES string of the molecule is CNC(=O)C(CCC=O)N(C)Cc1c(C=O)cccc1NC1CCN(C(=O)Nc2cccc(CSN3CCC(Nc4cccc(-c5sc(C(=O)OC(C)(C)C)c(OCC(=O)O)c5Cl)c4)CC3)c2)CC1. The van der Waals surface area contributed by atoms with Gasteiger partial charge in [-0.25, -0.2) is 14.4 Å². The summed E-state index contributed by atoms with van der Waals surface area (Å²) in [6.07, 6.45) is 5.49. The zero-order chi connectivity index (χ0) is 49.7. The molecule has 6 rings (SSSR count). The molecule has 2 fully saturated rings. The van der Waals surface area contributed by atoms with Gasteiger partial charge in [0.1, 0.15) is 23.2 Å². The van der Waals surface area contributed by atoms with Crippen molar-refractivity contribution in [2.45, 2.75) is 95.3 Å². The Bertz CT molecular complexity index is 2450. The molecule has 2 aliphatic rings. The van der Waals surface area contributed by atoms with E-state index in [0.717, 1.165) is 89.3 Å². The van der Waals surface area contributed by atoms with E-state index >= 15 is 0 Å². The minimum atomic E-state index is -1.19. The number of urea groups is 1. The summed E-state index contributed by atoms with van der Waals surface area (Å²) in [6.45, 7) is 7.78. The number of halogens is 1. The van der Waals surface area contributed by atoms with Gasteiger partial charge in [0.2, 0.25) is 5.91 Å². The van der Waals surface area contributed by atoms with Gasteiger partial charge in [0.25, 0.3) is 0 Å². The molecule has 1 atom stereocenters. The van der Waals surface area contributed by atoms with E-state index in [4.69, 9.17) is 21.1 Å². The second kappa shape index (κ2) is 24.8. The summed E-state index contributed by atoms with van der Waals surface area (Å²) in [4.78, 5) is 78.1. The summed E-state index contributed by atoms with van der Waals surface area (Å²) in [5, 5.41) is 22.4. The van der Waals surface area contributed by atoms with Crippen molar-refractivity contribution in [1.82, 2.24) is 19.4 Å². The van der Waals surface area contributed by atoms with E-state index in [1.54, 1.807) is 45.8 Å². The fourth-order valence-electron chi connectivity index (χ4n) is 8.30. The molecule has 0 saturated carbocycles. The van der Waals surface area contributed by atoms with Crippen LogP contribution in [0.4, 0.5) is 21.9 Å². The number of likely N-dealkylation sites (N-methyl/N-ethyl adjacent to an activating group) is 2. The lowest BCUT2D eigenvalue weighted by Crippen LogP contribution is -2.45. The van der Waals surface area contributed by atoms with Gasteiger partial charge in [0, 0.05) is 86.7 Å². The standard InChI is InChI=1S/C50H62ClN7O9S2/c1-50(2,3)67-48(64)46-44(66-30-42(61)62)43(51)45(69-46)33-11-7-14-38(27-33)53-35-19-23-58(24-20-35)68-31-32-10-6-13-37(26-32)55-49(65)57-21-17-36(18-22-57)54-40-15-8-12-34(29-60)39(40)28-56(5)41(16-9-25-59)47(63)52-4/h6-8,10-15,25-27,29,35-36,41,53-54H,9,16-24,28,30-31H2,1-5H3,(H,52,63)(H,55,65)(H,61,62). The van der Waals surface area contributed by atoms with Crippen LogP contribution in [0.2, 0.25) is 5.02 Å². The Morgan fingerprint density at radius 3 is 2.30 bits per heavy atom. The van der Waals surface area contributed by atoms with Crippen LogP contribution in [-0.2, 0) is 31.4 Å². The number of benzene rings is 3. The number of carboxylic acid groups (broad SMARTS) is 1. The maximum Gasteiger partial charge on any atom is 0.352 e. The van der Waals surface area contributed by atoms with Crippen molar-refractivity contribution in [2.24, 2.45) is 0 Å². The number of piperidine rings is 2. The molecular formula is C50H62ClN7O9S2. The summed E-state index contributed by atoms with van der Waals surface area (Å²) in [7, 11) is 3.38. The molecule has 19 heteroatoms. The smallest absolute Gasteiger partial charge is 0.352 e. The van der Waals surface area contributed by atoms with Crippen molar-refractivity contribution in [2.75, 3.05) is 62.8 Å². The van der Waals surface area contributed by atoms with E-state index in [1.165, 1.54) is 0 Å². The maximum atomic E-state index is 13.4. The van der Waals surface area contributed by atoms with Crippen molar-refractivity contribution in [3.05, 3.63) is 93.3 Å². The zero-order valence-corrected chi connectivity index (χ0v) is 42.1. The number of nitrogens with one attached hydrogen (secondary N) is 4. The molecule has 1 unspecified atom stereocenters. The number of nitrogens with zero attached hydrogens (tertiary/aromatic N) is 3. The number of carbonyl (C=O) groups is 6. The van der Waals surface area contributed by atoms with Crippen molar-refractivity contribution < 1.29 is 43.3 Å². The number of rotatable bonds is 21. The van der Waals surface area contributed by atoms with Crippen LogP contribution in [0.1, 0.15) is 90.5 Å². The van der Waals surface area contributed by atoms with Gasteiger partial charge >= 0.3 is 18.0 Å². The predicted molar refractivity (Wildman–Crippen MR) is 273 cm³/mol. The van der Waals surface area contributed by atoms with E-state index in [0.29, 0.717) is 49.3 Å². The molecule has 0 radical (unpaired) electrons. The third kappa shape index (κ3) is 14.9. The van der Waals surface area contributed by atoms with Crippen LogP contribution in [0.15, 0.2) is 66.7 Å². The number of amides is 3. The molecule has 3 heterocycles. The molecule has 2 aliphatic heterocycles. The molecule has 5 N–H and O–H groups in total. The summed E-state index contributed by atoms with van der Waals surface area (Å²) in [5.74, 6) is -1.28. The third-order valence-corrected chi connectivity index (χ3v) is 14.7. The first kappa shape index (κ1) is 52.7. The Morgan fingerprint density at radius 1 is 0.942 bits per heavy atom. The van der Waals surface area contributed by atoms with E-state index in [1.807, 2.05) is 71.4 Å². The molecule has 1 aromatic heterocycles. The van der Waals surface area contributed by atoms with E-state index in [9.17, 15) is 33.9 Å². The number of ether oxygens (including phenoxy) is 2. The number of aliphatic carboxylic acids is 1. The van der Waals surface area contributed by atoms with Crippen molar-refractivity contribution in [1.29, 1.82) is 0 Å². The van der Waals surface area contributed by atoms with Crippen molar-refractivity contribution in [3.8, 4) is 16.2 Å². The number of carboxylic acids is 1. The van der Waals surface area contributed by atoms with Gasteiger partial charge in [-0.1, -0.05) is 59.9 Å². The van der Waals surface area contributed by atoms with Crippen molar-refractivity contribution in [3.63, 3.8) is 0 Å². The van der Waals surface area contributed by atoms with E-state index in [2.05, 4.69) is 31.6 Å². The normalized spacial score (nSPS) is 15.3. The van der Waals surface area contributed by atoms with E-state index < -0.39 is 30.2 Å². The second-order valence-electron chi connectivity index (χ2n) is 18.1. The average molecular weight is 1000 g/mol. The lowest BCUT2D eigenvalue weighted by atomic mass is 10.0. The average Bonchev–Trinajstić information content (AvgIpc) is 3.66. The summed E-state index contributed by atoms with van der Waals surface area (Å²) >= 11 is 9.61. The predicted octanol–water partition coefficient (Wildman–Crippen LogP) is 8.66. The van der Waals surface area contributed by atoms with Crippen LogP contribution in [0, 0.1) is 0 Å². The quantitative estimate of drug-likeness (QED) is 0.0302. The largest absolute Gasteiger partial charge is 0.479 e. The Morgan fingerprint density at radius 2 is 1.62 bits per heavy atom. The highest BCUT2D eigenvalue weighted by Gasteiger charge is 2.30. The molecular weight excluding hydrogens is 942 g/mol. The Kier molecular flexibility index (Phi) is 18.9. The first-order valence-corrected chi connectivity index (χ1v) is 25.2. The van der Waals surface area contributed by atoms with Crippen LogP contribution in [0.5, 0.6) is 5.75 Å². The molecule has 0 bridgehead atoms. The Labute approximate surface area is 416 Å². The van der Waals surface area contributed by atoms with Gasteiger partial charge in [0.15, 0.2) is 17.2 Å². The van der Waals surface area contributed by atoms with Crippen molar-refractivity contribution >= 4 is 88.4 Å². The van der Waals surface area contributed by atoms with Crippen LogP contribution in [0.3, 0.4) is 0 Å². The lowest BCUT2D eigenvalue weighted by Gasteiger charge is -2.34. The molecule has 4 aromatic rings. The highest BCUT2D eigenvalue weighted by atomic mass is 35.5. The molecule has 16 nitrogen and oxygen atoms in total. The topological polar surface area (TPSA) is 199 Å². The minimum Gasteiger partial charge on any atom is -0.479 e. The first-order chi connectivity index (χ1) is 33.0. The monoisotopic (exact) mass is 1000 g/mol. The molecule has 0 spiro atoms. The molecule has 0 aliphatic carbocycles. The Hall–Kier alpha value is -5.66. The van der Waals surface area contributed by atoms with Gasteiger partial charge in [-0.15, -0.1) is 11.3 Å². The number of likely N-dealkylation sites (tertiary alicyclic amines) is 1. The molecule has 2 saturated heterocycles. The van der Waals surface area contributed by atoms with Gasteiger partial charge in [0.05, 0.1) is 10.9 Å². The number of hydrogen-bond acceptors (Lipinski definition) is 14. The number of esters is 1. The van der Waals surface area contributed by atoms with Crippen LogP contribution >= 0.6 is 34.9 Å². The van der Waals surface area contributed by atoms with Gasteiger partial charge in [-0.3, -0.25) is 18.8 Å². The lowest BCUT2D eigenvalue weighted by molar-refractivity contribution is -0.139. The van der Waals surface area contributed by atoms with Crippen LogP contribution in [-0.4, -0.2) is 126 Å². The summed E-state index contributed by atoms with van der Waals surface area (Å²) in [5.41, 5.74) is 4.82. The number of aldehydes is 2. The van der Waals surface area contributed by atoms with Gasteiger partial charge < -0.3 is 45.5 Å². The number of anilines is 3. The molecule has 3 aromatic carbocycles. The first-order valence-electron chi connectivity index (χ1n) is 23.0. The highest BCUT2D eigenvalue weighted by Crippen LogP contribution is 2.46. The molecule has 69 heavy (non-hydrogen) atoms. The molecule has 370 valence electrons. The number of thiophene rings is 1. The highest BCUT2D eigenvalue weighted by molar-refractivity contribution is 7.96. The molecule has 3 amide bonds. The van der Waals surface area contributed by atoms with E-state index in [-0.39, 0.29) is 46.1 Å². The second-order valence-corrected chi connectivity index (χ2v) is 20.6.